The number of aliphatic hydroxyl groups is 1. The SMILES string of the molecule is Cn1ccn2ncc(C(=O)N[C@H]3C[C@H]4CO[C@@H](CCO)CN4C3)c12. The molecule has 2 N–H and O–H groups in total. The highest BCUT2D eigenvalue weighted by Crippen LogP contribution is 2.24. The van der Waals surface area contributed by atoms with E-state index in [0.29, 0.717) is 24.6 Å². The average Bonchev–Trinajstić information content (AvgIpc) is 3.23. The number of morpholine rings is 1. The van der Waals surface area contributed by atoms with Crippen molar-refractivity contribution < 1.29 is 14.6 Å². The normalized spacial score (nSPS) is 27.5. The zero-order valence-electron chi connectivity index (χ0n) is 13.8. The second-order valence-electron chi connectivity index (χ2n) is 6.72. The van der Waals surface area contributed by atoms with Crippen LogP contribution in [0.25, 0.3) is 5.65 Å². The lowest BCUT2D eigenvalue weighted by atomic mass is 10.1. The summed E-state index contributed by atoms with van der Waals surface area (Å²) in [5.74, 6) is -0.0792. The Labute approximate surface area is 140 Å². The largest absolute Gasteiger partial charge is 0.396 e. The third kappa shape index (κ3) is 2.70. The van der Waals surface area contributed by atoms with Crippen molar-refractivity contribution in [2.75, 3.05) is 26.3 Å². The minimum Gasteiger partial charge on any atom is -0.396 e. The van der Waals surface area contributed by atoms with Gasteiger partial charge in [-0.2, -0.15) is 5.10 Å². The lowest BCUT2D eigenvalue weighted by Gasteiger charge is -2.34. The minimum atomic E-state index is -0.0792. The lowest BCUT2D eigenvalue weighted by molar-refractivity contribution is -0.0566. The number of nitrogens with zero attached hydrogens (tertiary/aromatic N) is 4. The molecule has 2 aromatic rings. The maximum absolute atomic E-state index is 12.6. The van der Waals surface area contributed by atoms with Gasteiger partial charge >= 0.3 is 0 Å². The van der Waals surface area contributed by atoms with Gasteiger partial charge in [0.25, 0.3) is 5.91 Å². The number of aromatic nitrogens is 3. The summed E-state index contributed by atoms with van der Waals surface area (Å²) in [6.45, 7) is 2.48. The van der Waals surface area contributed by atoms with E-state index in [9.17, 15) is 4.79 Å². The van der Waals surface area contributed by atoms with E-state index in [1.54, 1.807) is 10.7 Å². The summed E-state index contributed by atoms with van der Waals surface area (Å²) in [7, 11) is 1.91. The van der Waals surface area contributed by atoms with Crippen molar-refractivity contribution in [2.45, 2.75) is 31.0 Å². The molecule has 2 aliphatic heterocycles. The first-order valence-electron chi connectivity index (χ1n) is 8.41. The molecule has 3 atom stereocenters. The van der Waals surface area contributed by atoms with Crippen LogP contribution in [0.15, 0.2) is 18.6 Å². The Balaban J connectivity index is 1.41. The van der Waals surface area contributed by atoms with Crippen molar-refractivity contribution in [1.82, 2.24) is 24.4 Å². The molecule has 0 aliphatic carbocycles. The molecule has 2 aromatic heterocycles. The number of rotatable bonds is 4. The highest BCUT2D eigenvalue weighted by atomic mass is 16.5. The van der Waals surface area contributed by atoms with Crippen LogP contribution in [0, 0.1) is 0 Å². The van der Waals surface area contributed by atoms with E-state index in [1.807, 2.05) is 24.0 Å². The van der Waals surface area contributed by atoms with Gasteiger partial charge in [-0.3, -0.25) is 9.69 Å². The van der Waals surface area contributed by atoms with Gasteiger partial charge in [-0.05, 0) is 12.8 Å². The van der Waals surface area contributed by atoms with Gasteiger partial charge in [0.05, 0.1) is 18.9 Å². The third-order valence-corrected chi connectivity index (χ3v) is 5.06. The Morgan fingerprint density at radius 1 is 1.46 bits per heavy atom. The number of aliphatic hydroxyl groups excluding tert-OH is 1. The van der Waals surface area contributed by atoms with E-state index in [2.05, 4.69) is 15.3 Å². The molecule has 0 radical (unpaired) electrons. The second kappa shape index (κ2) is 6.19. The van der Waals surface area contributed by atoms with Crippen LogP contribution in [0.2, 0.25) is 0 Å². The van der Waals surface area contributed by atoms with E-state index in [1.165, 1.54) is 0 Å². The molecule has 2 aliphatic rings. The molecule has 2 fully saturated rings. The Hall–Kier alpha value is -1.90. The molecule has 0 saturated carbocycles. The molecular weight excluding hydrogens is 310 g/mol. The fourth-order valence-corrected chi connectivity index (χ4v) is 3.84. The van der Waals surface area contributed by atoms with E-state index < -0.39 is 0 Å². The van der Waals surface area contributed by atoms with Crippen LogP contribution in [-0.4, -0.2) is 74.6 Å². The van der Waals surface area contributed by atoms with Crippen LogP contribution >= 0.6 is 0 Å². The Morgan fingerprint density at radius 2 is 2.33 bits per heavy atom. The van der Waals surface area contributed by atoms with Crippen LogP contribution in [0.5, 0.6) is 0 Å². The summed E-state index contributed by atoms with van der Waals surface area (Å²) < 4.78 is 9.39. The van der Waals surface area contributed by atoms with Crippen molar-refractivity contribution in [3.8, 4) is 0 Å². The minimum absolute atomic E-state index is 0.0792. The standard InChI is InChI=1S/C16H23N5O3/c1-19-3-4-21-16(19)14(7-17-21)15(23)18-11-6-12-10-24-13(2-5-22)9-20(12)8-11/h3-4,7,11-13,22H,2,5-6,8-10H2,1H3,(H,18,23)/t11-,12-,13-/m0/s1. The summed E-state index contributed by atoms with van der Waals surface area (Å²) in [6, 6.07) is 0.474. The number of carbonyl (C=O) groups is 1. The lowest BCUT2D eigenvalue weighted by Crippen LogP contribution is -2.46. The van der Waals surface area contributed by atoms with E-state index in [-0.39, 0.29) is 24.7 Å². The Bertz CT molecular complexity index is 739. The molecular formula is C16H23N5O3. The van der Waals surface area contributed by atoms with Gasteiger partial charge in [0.2, 0.25) is 0 Å². The van der Waals surface area contributed by atoms with Crippen LogP contribution in [0.3, 0.4) is 0 Å². The van der Waals surface area contributed by atoms with Gasteiger partial charge in [-0.25, -0.2) is 4.52 Å². The maximum atomic E-state index is 12.6. The van der Waals surface area contributed by atoms with E-state index >= 15 is 0 Å². The summed E-state index contributed by atoms with van der Waals surface area (Å²) >= 11 is 0. The van der Waals surface area contributed by atoms with Crippen LogP contribution in [0.1, 0.15) is 23.2 Å². The third-order valence-electron chi connectivity index (χ3n) is 5.06. The molecule has 8 nitrogen and oxygen atoms in total. The number of hydrogen-bond acceptors (Lipinski definition) is 5. The van der Waals surface area contributed by atoms with Crippen LogP contribution < -0.4 is 5.32 Å². The molecule has 2 saturated heterocycles. The van der Waals surface area contributed by atoms with Crippen molar-refractivity contribution >= 4 is 11.6 Å². The molecule has 1 amide bonds. The summed E-state index contributed by atoms with van der Waals surface area (Å²) in [4.78, 5) is 15.0. The van der Waals surface area contributed by atoms with Crippen molar-refractivity contribution in [3.05, 3.63) is 24.2 Å². The van der Waals surface area contributed by atoms with Crippen LogP contribution in [0.4, 0.5) is 0 Å². The summed E-state index contributed by atoms with van der Waals surface area (Å²) in [5, 5.41) is 16.4. The van der Waals surface area contributed by atoms with Gasteiger partial charge in [0.15, 0.2) is 0 Å². The van der Waals surface area contributed by atoms with Gasteiger partial charge in [-0.1, -0.05) is 0 Å². The molecule has 4 heterocycles. The summed E-state index contributed by atoms with van der Waals surface area (Å²) in [5.41, 5.74) is 1.40. The molecule has 8 heteroatoms. The maximum Gasteiger partial charge on any atom is 0.256 e. The molecule has 0 bridgehead atoms. The van der Waals surface area contributed by atoms with Gasteiger partial charge < -0.3 is 19.7 Å². The zero-order valence-corrected chi connectivity index (χ0v) is 13.8. The number of carbonyl (C=O) groups excluding carboxylic acids is 1. The molecule has 0 unspecified atom stereocenters. The number of fused-ring (bicyclic) bond motifs is 2. The Morgan fingerprint density at radius 3 is 3.17 bits per heavy atom. The zero-order chi connectivity index (χ0) is 16.7. The number of hydrogen-bond donors (Lipinski definition) is 2. The highest BCUT2D eigenvalue weighted by Gasteiger charge is 2.38. The number of aryl methyl sites for hydroxylation is 1. The molecule has 130 valence electrons. The van der Waals surface area contributed by atoms with Crippen molar-refractivity contribution in [1.29, 1.82) is 0 Å². The molecule has 4 rings (SSSR count). The smallest absolute Gasteiger partial charge is 0.256 e. The molecule has 0 spiro atoms. The first-order chi connectivity index (χ1) is 11.7. The highest BCUT2D eigenvalue weighted by molar-refractivity contribution is 6.00. The number of amides is 1. The number of nitrogens with one attached hydrogen (secondary N) is 1. The number of ether oxygens (including phenoxy) is 1. The quantitative estimate of drug-likeness (QED) is 0.797. The van der Waals surface area contributed by atoms with Crippen molar-refractivity contribution in [3.63, 3.8) is 0 Å². The fourth-order valence-electron chi connectivity index (χ4n) is 3.84. The molecule has 0 aromatic carbocycles. The monoisotopic (exact) mass is 333 g/mol. The molecule has 24 heavy (non-hydrogen) atoms. The predicted octanol–water partition coefficient (Wildman–Crippen LogP) is -0.373. The van der Waals surface area contributed by atoms with Gasteiger partial charge in [0.1, 0.15) is 11.2 Å². The van der Waals surface area contributed by atoms with Crippen LogP contribution in [-0.2, 0) is 11.8 Å². The van der Waals surface area contributed by atoms with Gasteiger partial charge in [0, 0.05) is 51.2 Å². The first-order valence-corrected chi connectivity index (χ1v) is 8.41. The fraction of sp³-hybridized carbons (Fsp3) is 0.625. The van der Waals surface area contributed by atoms with Crippen molar-refractivity contribution in [2.24, 2.45) is 7.05 Å². The summed E-state index contributed by atoms with van der Waals surface area (Å²) in [6.07, 6.45) is 7.00. The van der Waals surface area contributed by atoms with E-state index in [0.717, 1.165) is 25.2 Å². The van der Waals surface area contributed by atoms with E-state index in [4.69, 9.17) is 9.84 Å². The Kier molecular flexibility index (Phi) is 4.03. The topological polar surface area (TPSA) is 84.0 Å². The second-order valence-corrected chi connectivity index (χ2v) is 6.72. The first kappa shape index (κ1) is 15.6. The predicted molar refractivity (Wildman–Crippen MR) is 86.8 cm³/mol. The van der Waals surface area contributed by atoms with Gasteiger partial charge in [-0.15, -0.1) is 0 Å². The number of imidazole rings is 1. The average molecular weight is 333 g/mol.